The zero-order chi connectivity index (χ0) is 19.2. The SMILES string of the molecule is COc1ccc(CC(=O)NCC2CC(=O)N(c3ccccc3)C2)cc1OC. The number of ether oxygens (including phenoxy) is 2. The molecule has 2 amide bonds. The number of hydrogen-bond donors (Lipinski definition) is 1. The lowest BCUT2D eigenvalue weighted by Crippen LogP contribution is -2.32. The fourth-order valence-electron chi connectivity index (χ4n) is 3.27. The van der Waals surface area contributed by atoms with Crippen molar-refractivity contribution in [1.29, 1.82) is 0 Å². The Labute approximate surface area is 159 Å². The Morgan fingerprint density at radius 2 is 1.85 bits per heavy atom. The molecule has 1 aliphatic rings. The number of para-hydroxylation sites is 1. The van der Waals surface area contributed by atoms with E-state index in [1.807, 2.05) is 36.4 Å². The lowest BCUT2D eigenvalue weighted by molar-refractivity contribution is -0.121. The minimum atomic E-state index is -0.0761. The molecule has 0 aliphatic carbocycles. The normalized spacial score (nSPS) is 16.3. The van der Waals surface area contributed by atoms with Gasteiger partial charge in [0, 0.05) is 31.1 Å². The summed E-state index contributed by atoms with van der Waals surface area (Å²) in [6.07, 6.45) is 0.703. The fourth-order valence-corrected chi connectivity index (χ4v) is 3.27. The number of nitrogens with zero attached hydrogens (tertiary/aromatic N) is 1. The van der Waals surface area contributed by atoms with E-state index in [9.17, 15) is 9.59 Å². The minimum Gasteiger partial charge on any atom is -0.493 e. The molecule has 1 unspecified atom stereocenters. The van der Waals surface area contributed by atoms with Gasteiger partial charge in [-0.2, -0.15) is 0 Å². The van der Waals surface area contributed by atoms with Gasteiger partial charge in [-0.05, 0) is 29.8 Å². The van der Waals surface area contributed by atoms with Gasteiger partial charge >= 0.3 is 0 Å². The van der Waals surface area contributed by atoms with E-state index >= 15 is 0 Å². The highest BCUT2D eigenvalue weighted by molar-refractivity contribution is 5.95. The second-order valence-corrected chi connectivity index (χ2v) is 6.58. The lowest BCUT2D eigenvalue weighted by Gasteiger charge is -2.17. The molecule has 1 fully saturated rings. The van der Waals surface area contributed by atoms with Crippen LogP contribution in [0, 0.1) is 5.92 Å². The summed E-state index contributed by atoms with van der Waals surface area (Å²) in [5, 5.41) is 2.94. The third kappa shape index (κ3) is 4.58. The van der Waals surface area contributed by atoms with Crippen LogP contribution in [0.25, 0.3) is 0 Å². The first-order valence-corrected chi connectivity index (χ1v) is 8.93. The molecule has 1 heterocycles. The lowest BCUT2D eigenvalue weighted by atomic mass is 10.1. The summed E-state index contributed by atoms with van der Waals surface area (Å²) >= 11 is 0. The van der Waals surface area contributed by atoms with E-state index in [-0.39, 0.29) is 24.2 Å². The molecule has 1 N–H and O–H groups in total. The zero-order valence-electron chi connectivity index (χ0n) is 15.6. The second-order valence-electron chi connectivity index (χ2n) is 6.58. The van der Waals surface area contributed by atoms with Crippen molar-refractivity contribution in [1.82, 2.24) is 5.32 Å². The predicted molar refractivity (Wildman–Crippen MR) is 103 cm³/mol. The van der Waals surface area contributed by atoms with Crippen molar-refractivity contribution in [3.05, 3.63) is 54.1 Å². The molecule has 0 radical (unpaired) electrons. The third-order valence-corrected chi connectivity index (χ3v) is 4.67. The highest BCUT2D eigenvalue weighted by Crippen LogP contribution is 2.28. The third-order valence-electron chi connectivity index (χ3n) is 4.67. The fraction of sp³-hybridized carbons (Fsp3) is 0.333. The molecule has 6 nitrogen and oxygen atoms in total. The van der Waals surface area contributed by atoms with Crippen LogP contribution in [0.1, 0.15) is 12.0 Å². The van der Waals surface area contributed by atoms with E-state index in [0.717, 1.165) is 11.3 Å². The van der Waals surface area contributed by atoms with Gasteiger partial charge in [0.25, 0.3) is 0 Å². The Balaban J connectivity index is 1.52. The molecular formula is C21H24N2O4. The molecule has 0 saturated carbocycles. The zero-order valence-corrected chi connectivity index (χ0v) is 15.6. The molecule has 0 aromatic heterocycles. The van der Waals surface area contributed by atoms with E-state index in [4.69, 9.17) is 9.47 Å². The van der Waals surface area contributed by atoms with Crippen LogP contribution in [0.3, 0.4) is 0 Å². The highest BCUT2D eigenvalue weighted by Gasteiger charge is 2.30. The summed E-state index contributed by atoms with van der Waals surface area (Å²) < 4.78 is 10.5. The molecule has 2 aromatic carbocycles. The number of nitrogens with one attached hydrogen (secondary N) is 1. The van der Waals surface area contributed by atoms with Gasteiger partial charge in [-0.1, -0.05) is 24.3 Å². The van der Waals surface area contributed by atoms with Gasteiger partial charge in [-0.15, -0.1) is 0 Å². The molecule has 0 bridgehead atoms. The van der Waals surface area contributed by atoms with Gasteiger partial charge in [-0.25, -0.2) is 0 Å². The number of anilines is 1. The number of methoxy groups -OCH3 is 2. The quantitative estimate of drug-likeness (QED) is 0.815. The highest BCUT2D eigenvalue weighted by atomic mass is 16.5. The van der Waals surface area contributed by atoms with Gasteiger partial charge in [0.1, 0.15) is 0 Å². The standard InChI is InChI=1S/C21H24N2O4/c1-26-18-9-8-15(10-19(18)27-2)11-20(24)22-13-16-12-21(25)23(14-16)17-6-4-3-5-7-17/h3-10,16H,11-14H2,1-2H3,(H,22,24). The minimum absolute atomic E-state index is 0.0761. The summed E-state index contributed by atoms with van der Waals surface area (Å²) in [5.74, 6) is 1.37. The topological polar surface area (TPSA) is 67.9 Å². The number of hydrogen-bond acceptors (Lipinski definition) is 4. The summed E-state index contributed by atoms with van der Waals surface area (Å²) in [7, 11) is 3.14. The molecule has 0 spiro atoms. The molecule has 1 aliphatic heterocycles. The van der Waals surface area contributed by atoms with Crippen LogP contribution in [0.5, 0.6) is 11.5 Å². The number of amides is 2. The van der Waals surface area contributed by atoms with Gasteiger partial charge in [-0.3, -0.25) is 9.59 Å². The van der Waals surface area contributed by atoms with Crippen LogP contribution in [0.2, 0.25) is 0 Å². The average molecular weight is 368 g/mol. The smallest absolute Gasteiger partial charge is 0.227 e. The van der Waals surface area contributed by atoms with Crippen LogP contribution in [-0.4, -0.2) is 39.1 Å². The maximum atomic E-state index is 12.3. The monoisotopic (exact) mass is 368 g/mol. The number of benzene rings is 2. The average Bonchev–Trinajstić information content (AvgIpc) is 3.07. The Morgan fingerprint density at radius 3 is 2.56 bits per heavy atom. The molecule has 27 heavy (non-hydrogen) atoms. The molecular weight excluding hydrogens is 344 g/mol. The molecule has 1 atom stereocenters. The summed E-state index contributed by atoms with van der Waals surface area (Å²) in [6, 6.07) is 15.0. The van der Waals surface area contributed by atoms with Gasteiger partial charge < -0.3 is 19.7 Å². The maximum absolute atomic E-state index is 12.3. The Hall–Kier alpha value is -3.02. The van der Waals surface area contributed by atoms with E-state index in [2.05, 4.69) is 5.32 Å². The van der Waals surface area contributed by atoms with Crippen molar-refractivity contribution in [3.63, 3.8) is 0 Å². The Morgan fingerprint density at radius 1 is 1.11 bits per heavy atom. The predicted octanol–water partition coefficient (Wildman–Crippen LogP) is 2.42. The maximum Gasteiger partial charge on any atom is 0.227 e. The number of carbonyl (C=O) groups excluding carboxylic acids is 2. The van der Waals surface area contributed by atoms with Crippen molar-refractivity contribution in [2.24, 2.45) is 5.92 Å². The van der Waals surface area contributed by atoms with Gasteiger partial charge in [0.2, 0.25) is 11.8 Å². The molecule has 2 aromatic rings. The van der Waals surface area contributed by atoms with Crippen molar-refractivity contribution >= 4 is 17.5 Å². The van der Waals surface area contributed by atoms with Crippen molar-refractivity contribution < 1.29 is 19.1 Å². The van der Waals surface area contributed by atoms with Crippen molar-refractivity contribution in [2.75, 3.05) is 32.2 Å². The summed E-state index contributed by atoms with van der Waals surface area (Å²) in [5.41, 5.74) is 1.75. The van der Waals surface area contributed by atoms with Crippen LogP contribution >= 0.6 is 0 Å². The van der Waals surface area contributed by atoms with Crippen molar-refractivity contribution in [2.45, 2.75) is 12.8 Å². The molecule has 142 valence electrons. The van der Waals surface area contributed by atoms with E-state index in [1.165, 1.54) is 0 Å². The number of rotatable bonds is 7. The van der Waals surface area contributed by atoms with E-state index in [0.29, 0.717) is 31.0 Å². The first kappa shape index (κ1) is 18.8. The Kier molecular flexibility index (Phi) is 5.96. The second kappa shape index (κ2) is 8.58. The van der Waals surface area contributed by atoms with Gasteiger partial charge in [0.05, 0.1) is 20.6 Å². The van der Waals surface area contributed by atoms with Crippen molar-refractivity contribution in [3.8, 4) is 11.5 Å². The van der Waals surface area contributed by atoms with Crippen LogP contribution in [0.15, 0.2) is 48.5 Å². The molecule has 6 heteroatoms. The summed E-state index contributed by atoms with van der Waals surface area (Å²) in [4.78, 5) is 26.3. The van der Waals surface area contributed by atoms with Crippen LogP contribution < -0.4 is 19.7 Å². The Bertz CT molecular complexity index is 807. The van der Waals surface area contributed by atoms with Crippen LogP contribution in [0.4, 0.5) is 5.69 Å². The largest absolute Gasteiger partial charge is 0.493 e. The van der Waals surface area contributed by atoms with E-state index in [1.54, 1.807) is 31.3 Å². The van der Waals surface area contributed by atoms with Crippen LogP contribution in [-0.2, 0) is 16.0 Å². The van der Waals surface area contributed by atoms with Gasteiger partial charge in [0.15, 0.2) is 11.5 Å². The van der Waals surface area contributed by atoms with E-state index < -0.39 is 0 Å². The molecule has 1 saturated heterocycles. The first-order valence-electron chi connectivity index (χ1n) is 8.93. The first-order chi connectivity index (χ1) is 13.1. The molecule has 3 rings (SSSR count). The summed E-state index contributed by atoms with van der Waals surface area (Å²) in [6.45, 7) is 1.11. The number of carbonyl (C=O) groups is 2.